The van der Waals surface area contributed by atoms with E-state index in [0.29, 0.717) is 11.4 Å². The zero-order chi connectivity index (χ0) is 25.6. The summed E-state index contributed by atoms with van der Waals surface area (Å²) in [7, 11) is 3.66. The van der Waals surface area contributed by atoms with Gasteiger partial charge in [0, 0.05) is 57.6 Å². The third-order valence-corrected chi connectivity index (χ3v) is 6.83. The Labute approximate surface area is 217 Å². The molecule has 1 fully saturated rings. The number of aromatic nitrogens is 2. The van der Waals surface area contributed by atoms with E-state index in [9.17, 15) is 4.79 Å². The molecule has 0 spiro atoms. The van der Waals surface area contributed by atoms with Gasteiger partial charge < -0.3 is 24.3 Å². The van der Waals surface area contributed by atoms with Crippen LogP contribution in [0.5, 0.6) is 11.5 Å². The molecule has 1 N–H and O–H groups in total. The molecule has 192 valence electrons. The molecule has 0 aliphatic carbocycles. The molecule has 8 nitrogen and oxygen atoms in total. The number of rotatable bonds is 9. The molecule has 2 heterocycles. The van der Waals surface area contributed by atoms with Gasteiger partial charge in [-0.05, 0) is 54.6 Å². The van der Waals surface area contributed by atoms with E-state index >= 15 is 0 Å². The second-order valence-electron chi connectivity index (χ2n) is 9.22. The summed E-state index contributed by atoms with van der Waals surface area (Å²) in [5.74, 6) is 2.18. The van der Waals surface area contributed by atoms with E-state index in [-0.39, 0.29) is 12.5 Å². The Balaban J connectivity index is 1.13. The van der Waals surface area contributed by atoms with E-state index in [1.807, 2.05) is 18.2 Å². The summed E-state index contributed by atoms with van der Waals surface area (Å²) >= 11 is 0. The van der Waals surface area contributed by atoms with Gasteiger partial charge in [-0.3, -0.25) is 9.69 Å². The van der Waals surface area contributed by atoms with E-state index in [1.165, 1.54) is 5.69 Å². The maximum atomic E-state index is 12.4. The van der Waals surface area contributed by atoms with Gasteiger partial charge in [0.05, 0.1) is 18.1 Å². The molecule has 3 aromatic carbocycles. The summed E-state index contributed by atoms with van der Waals surface area (Å²) in [5, 5.41) is 2.91. The van der Waals surface area contributed by atoms with Gasteiger partial charge in [-0.15, -0.1) is 0 Å². The average Bonchev–Trinajstić information content (AvgIpc) is 3.26. The molecular formula is C29H33N5O3. The van der Waals surface area contributed by atoms with Crippen LogP contribution in [0.3, 0.4) is 0 Å². The number of imidazole rings is 1. The highest BCUT2D eigenvalue weighted by atomic mass is 16.5. The molecule has 1 aliphatic heterocycles. The van der Waals surface area contributed by atoms with Crippen molar-refractivity contribution in [1.82, 2.24) is 14.5 Å². The maximum absolute atomic E-state index is 12.4. The van der Waals surface area contributed by atoms with Crippen LogP contribution in [-0.4, -0.2) is 66.8 Å². The number of nitrogens with zero attached hydrogens (tertiary/aromatic N) is 4. The number of methoxy groups -OCH3 is 1. The van der Waals surface area contributed by atoms with Crippen molar-refractivity contribution in [2.75, 3.05) is 56.7 Å². The first kappa shape index (κ1) is 24.6. The highest BCUT2D eigenvalue weighted by Gasteiger charge is 2.18. The van der Waals surface area contributed by atoms with Gasteiger partial charge in [0.1, 0.15) is 17.3 Å². The Kier molecular flexibility index (Phi) is 7.56. The molecule has 0 bridgehead atoms. The molecule has 0 atom stereocenters. The van der Waals surface area contributed by atoms with E-state index in [2.05, 4.69) is 57.1 Å². The van der Waals surface area contributed by atoms with Gasteiger partial charge in [0.15, 0.2) is 6.61 Å². The van der Waals surface area contributed by atoms with E-state index in [0.717, 1.165) is 61.8 Å². The topological polar surface area (TPSA) is 71.9 Å². The molecule has 0 radical (unpaired) electrons. The number of hydrogen-bond acceptors (Lipinski definition) is 6. The standard InChI is InChI=1S/C29H33N5O3/c1-32-27-13-8-22(30-29(35)21-37-25-11-9-24(36-2)10-12-25)20-26(27)31-28(32)14-15-33-16-18-34(19-17-33)23-6-4-3-5-7-23/h3-13,20H,14-19,21H2,1-2H3,(H,30,35). The first-order chi connectivity index (χ1) is 18.1. The number of nitrogens with one attached hydrogen (secondary N) is 1. The number of aryl methyl sites for hydroxylation is 1. The number of amides is 1. The summed E-state index contributed by atoms with van der Waals surface area (Å²) in [6.45, 7) is 5.08. The maximum Gasteiger partial charge on any atom is 0.262 e. The lowest BCUT2D eigenvalue weighted by atomic mass is 10.2. The SMILES string of the molecule is COc1ccc(OCC(=O)Nc2ccc3c(c2)nc(CCN2CCN(c4ccccc4)CC2)n3C)cc1. The van der Waals surface area contributed by atoms with Crippen molar-refractivity contribution in [3.63, 3.8) is 0 Å². The van der Waals surface area contributed by atoms with Crippen molar-refractivity contribution in [2.45, 2.75) is 6.42 Å². The third-order valence-electron chi connectivity index (χ3n) is 6.83. The van der Waals surface area contributed by atoms with Crippen molar-refractivity contribution in [3.05, 3.63) is 78.6 Å². The molecule has 1 saturated heterocycles. The molecule has 5 rings (SSSR count). The number of carbonyl (C=O) groups excluding carboxylic acids is 1. The van der Waals surface area contributed by atoms with E-state index in [1.54, 1.807) is 31.4 Å². The summed E-state index contributed by atoms with van der Waals surface area (Å²) < 4.78 is 12.9. The summed E-state index contributed by atoms with van der Waals surface area (Å²) in [6, 6.07) is 23.6. The summed E-state index contributed by atoms with van der Waals surface area (Å²) in [6.07, 6.45) is 0.883. The Morgan fingerprint density at radius 3 is 2.41 bits per heavy atom. The minimum atomic E-state index is -0.221. The van der Waals surface area contributed by atoms with Gasteiger partial charge in [-0.2, -0.15) is 0 Å². The van der Waals surface area contributed by atoms with Crippen LogP contribution >= 0.6 is 0 Å². The number of piperazine rings is 1. The monoisotopic (exact) mass is 499 g/mol. The zero-order valence-electron chi connectivity index (χ0n) is 21.4. The number of anilines is 2. The van der Waals surface area contributed by atoms with E-state index < -0.39 is 0 Å². The zero-order valence-corrected chi connectivity index (χ0v) is 21.4. The number of hydrogen-bond donors (Lipinski definition) is 1. The van der Waals surface area contributed by atoms with Crippen molar-refractivity contribution >= 4 is 28.3 Å². The highest BCUT2D eigenvalue weighted by molar-refractivity contribution is 5.94. The largest absolute Gasteiger partial charge is 0.497 e. The fourth-order valence-electron chi connectivity index (χ4n) is 4.70. The average molecular weight is 500 g/mol. The lowest BCUT2D eigenvalue weighted by molar-refractivity contribution is -0.118. The van der Waals surface area contributed by atoms with Crippen LogP contribution in [0.4, 0.5) is 11.4 Å². The fourth-order valence-corrected chi connectivity index (χ4v) is 4.70. The summed E-state index contributed by atoms with van der Waals surface area (Å²) in [5.41, 5.74) is 3.93. The molecule has 1 aliphatic rings. The molecule has 4 aromatic rings. The molecule has 1 aromatic heterocycles. The Hall–Kier alpha value is -4.04. The van der Waals surface area contributed by atoms with E-state index in [4.69, 9.17) is 14.5 Å². The normalized spacial score (nSPS) is 14.1. The number of carbonyl (C=O) groups is 1. The second kappa shape index (κ2) is 11.3. The van der Waals surface area contributed by atoms with Gasteiger partial charge in [0.2, 0.25) is 0 Å². The van der Waals surface area contributed by atoms with Gasteiger partial charge >= 0.3 is 0 Å². The van der Waals surface area contributed by atoms with Crippen molar-refractivity contribution < 1.29 is 14.3 Å². The van der Waals surface area contributed by atoms with Crippen LogP contribution in [0.25, 0.3) is 11.0 Å². The lowest BCUT2D eigenvalue weighted by Crippen LogP contribution is -2.47. The van der Waals surface area contributed by atoms with Gasteiger partial charge in [-0.25, -0.2) is 4.98 Å². The number of para-hydroxylation sites is 1. The number of fused-ring (bicyclic) bond motifs is 1. The third kappa shape index (κ3) is 6.03. The molecule has 0 unspecified atom stereocenters. The van der Waals surface area contributed by atoms with Crippen LogP contribution in [0.15, 0.2) is 72.8 Å². The minimum absolute atomic E-state index is 0.0740. The molecule has 8 heteroatoms. The predicted molar refractivity (Wildman–Crippen MR) is 147 cm³/mol. The fraction of sp³-hybridized carbons (Fsp3) is 0.310. The summed E-state index contributed by atoms with van der Waals surface area (Å²) in [4.78, 5) is 22.2. The van der Waals surface area contributed by atoms with Crippen LogP contribution in [-0.2, 0) is 18.3 Å². The van der Waals surface area contributed by atoms with Crippen LogP contribution in [0.2, 0.25) is 0 Å². The minimum Gasteiger partial charge on any atom is -0.497 e. The van der Waals surface area contributed by atoms with Crippen LogP contribution < -0.4 is 19.7 Å². The Morgan fingerprint density at radius 1 is 0.946 bits per heavy atom. The first-order valence-electron chi connectivity index (χ1n) is 12.6. The lowest BCUT2D eigenvalue weighted by Gasteiger charge is -2.36. The van der Waals surface area contributed by atoms with Crippen molar-refractivity contribution in [3.8, 4) is 11.5 Å². The molecule has 0 saturated carbocycles. The van der Waals surface area contributed by atoms with Gasteiger partial charge in [0.25, 0.3) is 5.91 Å². The highest BCUT2D eigenvalue weighted by Crippen LogP contribution is 2.21. The Bertz CT molecular complexity index is 1330. The molecule has 37 heavy (non-hydrogen) atoms. The molecular weight excluding hydrogens is 466 g/mol. The molecule has 1 amide bonds. The number of ether oxygens (including phenoxy) is 2. The Morgan fingerprint density at radius 2 is 1.68 bits per heavy atom. The van der Waals surface area contributed by atoms with Crippen molar-refractivity contribution in [1.29, 1.82) is 0 Å². The van der Waals surface area contributed by atoms with Crippen LogP contribution in [0, 0.1) is 0 Å². The predicted octanol–water partition coefficient (Wildman–Crippen LogP) is 3.96. The second-order valence-corrected chi connectivity index (χ2v) is 9.22. The van der Waals surface area contributed by atoms with Crippen LogP contribution in [0.1, 0.15) is 5.82 Å². The van der Waals surface area contributed by atoms with Crippen molar-refractivity contribution in [2.24, 2.45) is 7.05 Å². The number of benzene rings is 3. The quantitative estimate of drug-likeness (QED) is 0.376. The van der Waals surface area contributed by atoms with Gasteiger partial charge in [-0.1, -0.05) is 18.2 Å². The first-order valence-corrected chi connectivity index (χ1v) is 12.6. The smallest absolute Gasteiger partial charge is 0.262 e.